The van der Waals surface area contributed by atoms with Gasteiger partial charge >= 0.3 is 5.65 Å². The van der Waals surface area contributed by atoms with Crippen molar-refractivity contribution in [3.05, 3.63) is 41.8 Å². The van der Waals surface area contributed by atoms with Gasteiger partial charge in [0.15, 0.2) is 5.13 Å². The van der Waals surface area contributed by atoms with Crippen LogP contribution in [0.25, 0.3) is 11.2 Å². The first-order valence-electron chi connectivity index (χ1n) is 12.3. The van der Waals surface area contributed by atoms with Crippen molar-refractivity contribution in [2.24, 2.45) is 10.9 Å². The van der Waals surface area contributed by atoms with Crippen molar-refractivity contribution < 1.29 is 28.9 Å². The lowest BCUT2D eigenvalue weighted by molar-refractivity contribution is -0.664. The van der Waals surface area contributed by atoms with Gasteiger partial charge in [0.25, 0.3) is 11.8 Å². The standard InChI is InChI=1S/C23H26N10O5S2/c1-3-38-29-14(17-28-23(25)40-30-17)19(34)27-15-20(35)33-16(22(36)37)12(9-39-21(15)33)8-31-6-4-5-13-18(31)26-10-32(13)7-11(2)24/h4-6,10-11,15,21H,3,7-9,24H2,1-2H3,(H3-,25,27,28,30,34,36,37)/b29-14-/t11-,15?,21?/m0/s1. The number of nitrogens with two attached hydrogens (primary N) is 2. The highest BCUT2D eigenvalue weighted by Crippen LogP contribution is 2.40. The number of β-lactam (4-membered cyclic amide) rings is 1. The van der Waals surface area contributed by atoms with Crippen LogP contribution >= 0.6 is 23.3 Å². The number of nitrogens with zero attached hydrogens (tertiary/aromatic N) is 7. The summed E-state index contributed by atoms with van der Waals surface area (Å²) in [6, 6.07) is 2.67. The molecule has 0 aliphatic carbocycles. The van der Waals surface area contributed by atoms with E-state index < -0.39 is 29.2 Å². The van der Waals surface area contributed by atoms with Crippen molar-refractivity contribution in [3.8, 4) is 0 Å². The number of aromatic nitrogens is 5. The van der Waals surface area contributed by atoms with Crippen LogP contribution in [0.15, 0.2) is 41.1 Å². The van der Waals surface area contributed by atoms with Crippen molar-refractivity contribution in [3.63, 3.8) is 0 Å². The second-order valence-corrected chi connectivity index (χ2v) is 11.0. The smallest absolute Gasteiger partial charge is 0.349 e. The first-order chi connectivity index (χ1) is 19.2. The van der Waals surface area contributed by atoms with Crippen molar-refractivity contribution in [1.82, 2.24) is 29.1 Å². The van der Waals surface area contributed by atoms with E-state index in [0.717, 1.165) is 21.9 Å². The highest BCUT2D eigenvalue weighted by Gasteiger charge is 2.53. The zero-order valence-corrected chi connectivity index (χ0v) is 23.1. The molecule has 5 N–H and O–H groups in total. The zero-order chi connectivity index (χ0) is 28.6. The summed E-state index contributed by atoms with van der Waals surface area (Å²) in [7, 11) is 0. The summed E-state index contributed by atoms with van der Waals surface area (Å²) < 4.78 is 7.74. The third-order valence-corrected chi connectivity index (χ3v) is 8.06. The van der Waals surface area contributed by atoms with Gasteiger partial charge in [0.1, 0.15) is 30.1 Å². The lowest BCUT2D eigenvalue weighted by Crippen LogP contribution is -2.71. The van der Waals surface area contributed by atoms with Crippen molar-refractivity contribution in [2.75, 3.05) is 18.1 Å². The highest BCUT2D eigenvalue weighted by atomic mass is 32.2. The molecule has 3 aromatic rings. The number of nitrogens with one attached hydrogen (secondary N) is 1. The highest BCUT2D eigenvalue weighted by molar-refractivity contribution is 8.00. The van der Waals surface area contributed by atoms with E-state index in [4.69, 9.17) is 16.3 Å². The van der Waals surface area contributed by atoms with Crippen molar-refractivity contribution in [2.45, 2.75) is 44.4 Å². The van der Waals surface area contributed by atoms with Gasteiger partial charge in [-0.1, -0.05) is 5.16 Å². The molecule has 5 rings (SSSR count). The number of carbonyl (C=O) groups is 3. The Labute approximate surface area is 236 Å². The molecule has 40 heavy (non-hydrogen) atoms. The van der Waals surface area contributed by atoms with Crippen LogP contribution in [-0.4, -0.2) is 77.1 Å². The second-order valence-electron chi connectivity index (χ2n) is 9.13. The Morgan fingerprint density at radius 1 is 1.43 bits per heavy atom. The number of carbonyl (C=O) groups excluding carboxylic acids is 3. The number of anilines is 1. The maximum Gasteiger partial charge on any atom is 0.349 e. The monoisotopic (exact) mass is 586 g/mol. The molecular weight excluding hydrogens is 560 g/mol. The average Bonchev–Trinajstić information content (AvgIpc) is 3.53. The van der Waals surface area contributed by atoms with Gasteiger partial charge < -0.3 is 36.1 Å². The quantitative estimate of drug-likeness (QED) is 0.102. The summed E-state index contributed by atoms with van der Waals surface area (Å²) in [5.41, 5.74) is 13.1. The molecule has 0 radical (unpaired) electrons. The third kappa shape index (κ3) is 5.09. The molecule has 2 unspecified atom stereocenters. The number of hydrogen-bond acceptors (Lipinski definition) is 13. The van der Waals surface area contributed by atoms with Crippen LogP contribution in [0, 0.1) is 0 Å². The van der Waals surface area contributed by atoms with E-state index >= 15 is 0 Å². The van der Waals surface area contributed by atoms with E-state index in [1.165, 1.54) is 11.8 Å². The normalized spacial score (nSPS) is 19.8. The Bertz CT molecular complexity index is 1550. The number of nitrogen functional groups attached to an aromatic ring is 1. The maximum absolute atomic E-state index is 13.2. The van der Waals surface area contributed by atoms with Crippen LogP contribution < -0.4 is 26.5 Å². The number of carboxylic acid groups (broad SMARTS) is 1. The average molecular weight is 587 g/mol. The molecule has 2 amide bonds. The Balaban J connectivity index is 1.37. The molecule has 15 nitrogen and oxygen atoms in total. The van der Waals surface area contributed by atoms with Crippen LogP contribution in [0.3, 0.4) is 0 Å². The lowest BCUT2D eigenvalue weighted by atomic mass is 10.0. The molecule has 3 aromatic heterocycles. The van der Waals surface area contributed by atoms with E-state index in [1.807, 2.05) is 28.2 Å². The molecule has 1 fully saturated rings. The first kappa shape index (κ1) is 27.5. The van der Waals surface area contributed by atoms with Gasteiger partial charge in [-0.15, -0.1) is 11.8 Å². The van der Waals surface area contributed by atoms with Gasteiger partial charge in [-0.05, 0) is 31.0 Å². The van der Waals surface area contributed by atoms with E-state index in [1.54, 1.807) is 19.4 Å². The molecule has 210 valence electrons. The SMILES string of the molecule is CCO/N=C(\C(=O)NC1C(=O)N2C(C(=O)[O-])=C(C[n+]3cccc4c3ncn4C[C@H](C)N)CSC12)c1nsc(N)n1. The fourth-order valence-electron chi connectivity index (χ4n) is 4.52. The number of thioether (sulfide) groups is 1. The third-order valence-electron chi connectivity index (χ3n) is 6.18. The molecule has 0 saturated carbocycles. The van der Waals surface area contributed by atoms with Gasteiger partial charge in [-0.3, -0.25) is 14.5 Å². The minimum absolute atomic E-state index is 0.0412. The summed E-state index contributed by atoms with van der Waals surface area (Å²) in [4.78, 5) is 53.1. The van der Waals surface area contributed by atoms with Crippen LogP contribution in [0.1, 0.15) is 19.7 Å². The minimum atomic E-state index is -1.48. The maximum atomic E-state index is 13.2. The molecule has 17 heteroatoms. The zero-order valence-electron chi connectivity index (χ0n) is 21.5. The molecule has 5 heterocycles. The largest absolute Gasteiger partial charge is 0.543 e. The summed E-state index contributed by atoms with van der Waals surface area (Å²) in [6.45, 7) is 4.52. The van der Waals surface area contributed by atoms with E-state index in [-0.39, 0.29) is 47.3 Å². The van der Waals surface area contributed by atoms with Crippen molar-refractivity contribution >= 4 is 63.1 Å². The Morgan fingerprint density at radius 3 is 2.90 bits per heavy atom. The number of imidazole rings is 1. The molecule has 0 bridgehead atoms. The van der Waals surface area contributed by atoms with E-state index in [2.05, 4.69) is 24.8 Å². The van der Waals surface area contributed by atoms with E-state index in [9.17, 15) is 19.5 Å². The van der Waals surface area contributed by atoms with Gasteiger partial charge in [0, 0.05) is 35.4 Å². The predicted octanol–water partition coefficient (Wildman–Crippen LogP) is -2.05. The minimum Gasteiger partial charge on any atom is -0.543 e. The fourth-order valence-corrected chi connectivity index (χ4v) is 6.29. The Morgan fingerprint density at radius 2 is 2.23 bits per heavy atom. The van der Waals surface area contributed by atoms with Crippen LogP contribution in [-0.2, 0) is 32.3 Å². The second kappa shape index (κ2) is 11.2. The van der Waals surface area contributed by atoms with E-state index in [0.29, 0.717) is 17.8 Å². The van der Waals surface area contributed by atoms with Crippen LogP contribution in [0.4, 0.5) is 5.13 Å². The van der Waals surface area contributed by atoms with Gasteiger partial charge in [0.2, 0.25) is 17.9 Å². The van der Waals surface area contributed by atoms with Crippen LogP contribution in [0.2, 0.25) is 0 Å². The summed E-state index contributed by atoms with van der Waals surface area (Å²) >= 11 is 2.21. The molecule has 1 saturated heterocycles. The van der Waals surface area contributed by atoms with Crippen LogP contribution in [0.5, 0.6) is 0 Å². The summed E-state index contributed by atoms with van der Waals surface area (Å²) in [5, 5.41) is 18.1. The predicted molar refractivity (Wildman–Crippen MR) is 143 cm³/mol. The number of pyridine rings is 1. The molecule has 2 aliphatic heterocycles. The summed E-state index contributed by atoms with van der Waals surface area (Å²) in [6.07, 6.45) is 3.48. The summed E-state index contributed by atoms with van der Waals surface area (Å²) in [5.74, 6) is -2.57. The number of carboxylic acids is 1. The molecule has 2 aliphatic rings. The molecular formula is C23H26N10O5S2. The van der Waals surface area contributed by atoms with Crippen molar-refractivity contribution in [1.29, 1.82) is 0 Å². The number of oxime groups is 1. The number of aliphatic carboxylic acids is 1. The number of hydrogen-bond donors (Lipinski definition) is 3. The molecule has 0 spiro atoms. The van der Waals surface area contributed by atoms with Gasteiger partial charge in [-0.25, -0.2) is 4.57 Å². The first-order valence-corrected chi connectivity index (χ1v) is 14.1. The number of rotatable bonds is 10. The Kier molecular flexibility index (Phi) is 7.68. The number of amides is 2. The molecule has 3 atom stereocenters. The topological polar surface area (TPSA) is 211 Å². The van der Waals surface area contributed by atoms with Gasteiger partial charge in [-0.2, -0.15) is 9.36 Å². The number of fused-ring (bicyclic) bond motifs is 2. The molecule has 0 aromatic carbocycles. The lowest BCUT2D eigenvalue weighted by Gasteiger charge is -2.50. The fraction of sp³-hybridized carbons (Fsp3) is 0.391. The van der Waals surface area contributed by atoms with Gasteiger partial charge in [0.05, 0.1) is 17.9 Å². The Hall–Kier alpha value is -4.09.